The molecule has 0 heterocycles. The van der Waals surface area contributed by atoms with Gasteiger partial charge in [0.15, 0.2) is 0 Å². The first-order valence-electron chi connectivity index (χ1n) is 53.7. The van der Waals surface area contributed by atoms with Crippen LogP contribution in [0.25, 0.3) is 0 Å². The van der Waals surface area contributed by atoms with Crippen molar-refractivity contribution < 1.29 is 49.3 Å². The normalized spacial score (nSPS) is 12.0. The van der Waals surface area contributed by atoms with Crippen molar-refractivity contribution in [3.63, 3.8) is 0 Å². The largest absolute Gasteiger partial charge is 0.331 e. The van der Waals surface area contributed by atoms with Crippen molar-refractivity contribution in [3.8, 4) is 0 Å². The first kappa shape index (κ1) is 143. The van der Waals surface area contributed by atoms with Crippen LogP contribution in [0.1, 0.15) is 427 Å². The van der Waals surface area contributed by atoms with Gasteiger partial charge in [-0.25, -0.2) is 0 Å². The van der Waals surface area contributed by atoms with Crippen LogP contribution < -0.4 is 0 Å². The summed E-state index contributed by atoms with van der Waals surface area (Å²) in [5.74, 6) is 0. The minimum atomic E-state index is 1.10. The average molecular weight is 1730 g/mol. The molecule has 0 aromatic heterocycles. The Morgan fingerprint density at radius 2 is 0.242 bits per heavy atom. The van der Waals surface area contributed by atoms with Crippen LogP contribution in [0, 0.1) is 0 Å². The molecule has 742 valence electrons. The summed E-state index contributed by atoms with van der Waals surface area (Å²) in [5.41, 5.74) is 0. The summed E-state index contributed by atoms with van der Waals surface area (Å²) in [6, 6.07) is 0. The van der Waals surface area contributed by atoms with E-state index in [0.717, 1.165) is 26.9 Å². The molecule has 0 aliphatic rings. The van der Waals surface area contributed by atoms with Crippen molar-refractivity contribution in [2.75, 3.05) is 300 Å². The summed E-state index contributed by atoms with van der Waals surface area (Å²) < 4.78 is 12.9. The van der Waals surface area contributed by atoms with Crippen molar-refractivity contribution in [1.29, 1.82) is 0 Å². The lowest BCUT2D eigenvalue weighted by atomic mass is 10.1. The molecule has 0 unspecified atom stereocenters. The van der Waals surface area contributed by atoms with Gasteiger partial charge in [-0.15, -0.1) is 0 Å². The van der Waals surface area contributed by atoms with Gasteiger partial charge < -0.3 is 49.3 Å². The molecule has 0 spiro atoms. The number of quaternary nitrogens is 11. The third-order valence-corrected chi connectivity index (χ3v) is 24.4. The average Bonchev–Trinajstić information content (AvgIpc) is 0.924. The van der Waals surface area contributed by atoms with E-state index in [-0.39, 0.29) is 0 Å². The molecule has 0 aromatic carbocycles. The Kier molecular flexibility index (Phi) is 114. The van der Waals surface area contributed by atoms with E-state index in [4.69, 9.17) is 0 Å². The third kappa shape index (κ3) is 146. The minimum absolute atomic E-state index is 1.10. The third-order valence-electron chi connectivity index (χ3n) is 24.4. The fraction of sp³-hybridized carbons (Fsp3) is 1.00. The minimum Gasteiger partial charge on any atom is -0.331 e. The molecule has 0 aliphatic carbocycles. The molecule has 0 rings (SSSR count). The zero-order valence-electron chi connectivity index (χ0n) is 94.9. The molecule has 0 aliphatic heterocycles. The van der Waals surface area contributed by atoms with Gasteiger partial charge in [-0.2, -0.15) is 0 Å². The number of hydrogen-bond donors (Lipinski definition) is 0. The van der Waals surface area contributed by atoms with Crippen LogP contribution in [0.2, 0.25) is 0 Å². The van der Waals surface area contributed by atoms with Gasteiger partial charge in [-0.3, -0.25) is 0 Å². The van der Waals surface area contributed by atoms with E-state index in [9.17, 15) is 0 Å². The predicted molar refractivity (Wildman–Crippen MR) is 564 cm³/mol. The van der Waals surface area contributed by atoms with E-state index in [1.165, 1.54) is 442 Å². The molecule has 0 bridgehead atoms. The Morgan fingerprint density at radius 3 is 0.392 bits per heavy atom. The molecule has 0 saturated carbocycles. The van der Waals surface area contributed by atoms with Crippen LogP contribution in [0.3, 0.4) is 0 Å². The summed E-state index contributed by atoms with van der Waals surface area (Å²) in [6.07, 6.45) is 62.6. The maximum atomic E-state index is 2.39. The van der Waals surface area contributed by atoms with Gasteiger partial charge in [0.05, 0.1) is 300 Å². The smallest absolute Gasteiger partial charge is 0.0784 e. The molecule has 11 heteroatoms. The predicted octanol–water partition coefficient (Wildman–Crippen LogP) is 28.9. The van der Waals surface area contributed by atoms with Crippen molar-refractivity contribution >= 4 is 0 Å². The summed E-state index contributed by atoms with van der Waals surface area (Å²) in [7, 11) is 54.8. The van der Waals surface area contributed by atoms with Crippen LogP contribution in [-0.4, -0.2) is 349 Å². The summed E-state index contributed by atoms with van der Waals surface area (Å²) in [4.78, 5) is 0. The van der Waals surface area contributed by atoms with E-state index in [1.54, 1.807) is 0 Å². The zero-order valence-corrected chi connectivity index (χ0v) is 94.9. The molecule has 0 fully saturated rings. The number of rotatable bonds is 65. The molecule has 0 N–H and O–H groups in total. The number of hydrogen-bond acceptors (Lipinski definition) is 0. The first-order chi connectivity index (χ1) is 55.7. The van der Waals surface area contributed by atoms with Gasteiger partial charge in [0.1, 0.15) is 0 Å². The van der Waals surface area contributed by atoms with Crippen molar-refractivity contribution in [3.05, 3.63) is 0 Å². The molecule has 11 nitrogen and oxygen atoms in total. The van der Waals surface area contributed by atoms with Gasteiger partial charge in [0.2, 0.25) is 0 Å². The van der Waals surface area contributed by atoms with Crippen LogP contribution in [0.15, 0.2) is 0 Å². The fourth-order valence-corrected chi connectivity index (χ4v) is 14.0. The highest BCUT2D eigenvalue weighted by molar-refractivity contribution is 4.49. The molecule has 0 atom stereocenters. The van der Waals surface area contributed by atoms with E-state index >= 15 is 0 Å². The molecule has 0 amide bonds. The van der Waals surface area contributed by atoms with Crippen molar-refractivity contribution in [2.24, 2.45) is 0 Å². The molecule has 120 heavy (non-hydrogen) atoms. The highest BCUT2D eigenvalue weighted by atomic mass is 15.3. The summed E-state index contributed by atoms with van der Waals surface area (Å²) >= 11 is 0. The highest BCUT2D eigenvalue weighted by Crippen LogP contribution is 2.15. The monoisotopic (exact) mass is 1730 g/mol. The standard InChI is InChI=1S/C13H30N.C12H28N.2C11H26N.3C10H24N.2C9H22N.2C7H18N/c1-5-6-7-8-9-10-11-12-13-14(2,3)4;1-5-6-7-8-9-10-11-12-13(2,3)4;1-5-6-7-8-9-10-11-12(2,3)4;1-5-8-10-12(4,7-3)11-9-6-2;1-5-6-7-8-9-10-11(2,3)4;1-5-7-9-11(3,4)10-8-6-2;1-5-8-11(4,9-6-2)10-7-3;1-5-6-7-8-9-10(2,3)4;1-5-8-9-10(4,6-2)7-3;1-5-6-7-8(2,3)4;1-5-8(4,6-2)7-3/h5-13H2,1-4H3;5-12H2,1-4H3;2*5-11H2,1-4H3;3*5-10H2,1-4H3;2*5-9H2,1-4H3;2*5-7H2,1-4H3/q11*+1. The maximum Gasteiger partial charge on any atom is 0.0784 e. The van der Waals surface area contributed by atoms with Gasteiger partial charge in [-0.05, 0) is 164 Å². The van der Waals surface area contributed by atoms with Crippen LogP contribution >= 0.6 is 0 Å². The molecule has 0 radical (unpaired) electrons. The molecule has 0 saturated heterocycles. The van der Waals surface area contributed by atoms with Crippen LogP contribution in [0.5, 0.6) is 0 Å². The fourth-order valence-electron chi connectivity index (χ4n) is 14.0. The topological polar surface area (TPSA) is 0 Å². The Morgan fingerprint density at radius 1 is 0.100 bits per heavy atom. The van der Waals surface area contributed by atoms with Crippen LogP contribution in [-0.2, 0) is 0 Å². The quantitative estimate of drug-likeness (QED) is 0.0421. The van der Waals surface area contributed by atoms with Crippen molar-refractivity contribution in [2.45, 2.75) is 427 Å². The highest BCUT2D eigenvalue weighted by Gasteiger charge is 2.20. The second-order valence-corrected chi connectivity index (χ2v) is 45.1. The van der Waals surface area contributed by atoms with Gasteiger partial charge in [0.25, 0.3) is 0 Å². The second-order valence-electron chi connectivity index (χ2n) is 45.1. The van der Waals surface area contributed by atoms with Gasteiger partial charge in [0, 0.05) is 0 Å². The SMILES string of the molecule is CCCCCCCCCC[N+](C)(C)C.CCCCCCCCC[N+](C)(C)C.CCCCCCCC[N+](C)(C)C.CCCCCCC[N+](C)(C)C.CCCCCC[N+](C)(C)C.CCCC[N+](C)(C)C.CCCC[N+](C)(C)CCCC.CCCC[N+](C)(CC)CC.CCCC[N+](C)(CC)CCCC.CCC[N+](C)(CCC)CCC.CC[N+](C)(CC)CC. The van der Waals surface area contributed by atoms with Gasteiger partial charge >= 0.3 is 0 Å². The number of unbranched alkanes of at least 4 members (excludes halogenated alkanes) is 31. The Bertz CT molecular complexity index is 1780. The summed E-state index contributed by atoms with van der Waals surface area (Å²) in [6.45, 7) is 71.7. The summed E-state index contributed by atoms with van der Waals surface area (Å²) in [5, 5.41) is 0. The second kappa shape index (κ2) is 96.1. The van der Waals surface area contributed by atoms with E-state index in [1.807, 2.05) is 0 Å². The maximum absolute atomic E-state index is 2.39. The Balaban J connectivity index is -0.000000121. The van der Waals surface area contributed by atoms with Crippen LogP contribution in [0.4, 0.5) is 0 Å². The number of nitrogens with zero attached hydrogens (tertiary/aromatic N) is 11. The lowest BCUT2D eigenvalue weighted by molar-refractivity contribution is -0.909. The Hall–Kier alpha value is -0.440. The van der Waals surface area contributed by atoms with Crippen molar-refractivity contribution in [1.82, 2.24) is 0 Å². The Labute approximate surface area is 772 Å². The van der Waals surface area contributed by atoms with E-state index in [2.05, 4.69) is 308 Å². The molecular weight excluding hydrogens is 1460 g/mol. The zero-order chi connectivity index (χ0) is 95.5. The van der Waals surface area contributed by atoms with E-state index < -0.39 is 0 Å². The molecule has 0 aromatic rings. The molecular formula is C109H262N11+11. The van der Waals surface area contributed by atoms with E-state index in [0.29, 0.717) is 0 Å². The van der Waals surface area contributed by atoms with Gasteiger partial charge in [-0.1, -0.05) is 264 Å². The first-order valence-corrected chi connectivity index (χ1v) is 53.7. The lowest BCUT2D eigenvalue weighted by Gasteiger charge is -2.33. The lowest BCUT2D eigenvalue weighted by Crippen LogP contribution is -2.45.